The van der Waals surface area contributed by atoms with Crippen LogP contribution in [0.3, 0.4) is 0 Å². The number of hydrogen-bond donors (Lipinski definition) is 2. The summed E-state index contributed by atoms with van der Waals surface area (Å²) in [5.41, 5.74) is 9.77. The molecule has 0 radical (unpaired) electrons. The van der Waals surface area contributed by atoms with E-state index < -0.39 is 0 Å². The molecule has 0 atom stereocenters. The summed E-state index contributed by atoms with van der Waals surface area (Å²) in [7, 11) is 0. The summed E-state index contributed by atoms with van der Waals surface area (Å²) in [5.74, 6) is 0.711. The second-order valence-corrected chi connectivity index (χ2v) is 7.01. The predicted octanol–water partition coefficient (Wildman–Crippen LogP) is 3.23. The van der Waals surface area contributed by atoms with Gasteiger partial charge < -0.3 is 10.7 Å². The van der Waals surface area contributed by atoms with Gasteiger partial charge >= 0.3 is 0 Å². The summed E-state index contributed by atoms with van der Waals surface area (Å²) in [6.07, 6.45) is 5.10. The molecule has 0 bridgehead atoms. The van der Waals surface area contributed by atoms with Gasteiger partial charge in [-0.3, -0.25) is 9.69 Å². The molecule has 27 heavy (non-hydrogen) atoms. The third kappa shape index (κ3) is 3.93. The van der Waals surface area contributed by atoms with Gasteiger partial charge in [-0.25, -0.2) is 4.98 Å². The maximum absolute atomic E-state index is 12.2. The van der Waals surface area contributed by atoms with Crippen LogP contribution < -0.4 is 11.3 Å². The van der Waals surface area contributed by atoms with E-state index in [2.05, 4.69) is 51.3 Å². The zero-order valence-electron chi connectivity index (χ0n) is 15.3. The molecule has 5 nitrogen and oxygen atoms in total. The largest absolute Gasteiger partial charge is 0.397 e. The molecule has 0 aliphatic carbocycles. The lowest BCUT2D eigenvalue weighted by atomic mass is 9.99. The number of nitrogen functional groups attached to an aromatic ring is 1. The van der Waals surface area contributed by atoms with E-state index in [1.54, 1.807) is 18.2 Å². The lowest BCUT2D eigenvalue weighted by Gasteiger charge is -2.26. The van der Waals surface area contributed by atoms with Crippen molar-refractivity contribution in [3.8, 4) is 0 Å². The van der Waals surface area contributed by atoms with Crippen molar-refractivity contribution in [1.29, 1.82) is 0 Å². The number of aromatic nitrogens is 2. The number of nitrogens with one attached hydrogen (secondary N) is 1. The van der Waals surface area contributed by atoms with Crippen molar-refractivity contribution in [2.45, 2.75) is 19.3 Å². The van der Waals surface area contributed by atoms with Crippen molar-refractivity contribution in [2.75, 3.05) is 25.4 Å². The Labute approximate surface area is 158 Å². The van der Waals surface area contributed by atoms with E-state index in [-0.39, 0.29) is 5.56 Å². The Morgan fingerprint density at radius 3 is 2.74 bits per heavy atom. The number of nitrogens with zero attached hydrogens (tertiary/aromatic N) is 2. The second kappa shape index (κ2) is 7.76. The summed E-state index contributed by atoms with van der Waals surface area (Å²) in [6, 6.07) is 15.9. The second-order valence-electron chi connectivity index (χ2n) is 7.01. The van der Waals surface area contributed by atoms with Gasteiger partial charge in [-0.15, -0.1) is 0 Å². The van der Waals surface area contributed by atoms with Gasteiger partial charge in [-0.2, -0.15) is 0 Å². The van der Waals surface area contributed by atoms with Crippen LogP contribution >= 0.6 is 0 Å². The molecule has 1 aliphatic rings. The third-order valence-electron chi connectivity index (χ3n) is 5.14. The Morgan fingerprint density at radius 2 is 1.96 bits per heavy atom. The molecule has 0 saturated heterocycles. The standard InChI is InChI=1S/C22H24N4O/c23-19-9-4-8-18-21(19)24-20(25-22(18)27)10-5-13-26-14-11-17(12-15-26)16-6-2-1-3-7-16/h1-4,6-9,11H,5,10,12-15,23H2,(H,24,25,27). The molecule has 4 rings (SSSR count). The minimum atomic E-state index is -0.115. The first-order valence-electron chi connectivity index (χ1n) is 9.45. The number of nitrogens with two attached hydrogens (primary N) is 1. The van der Waals surface area contributed by atoms with Gasteiger partial charge in [0.1, 0.15) is 11.3 Å². The number of anilines is 1. The fourth-order valence-corrected chi connectivity index (χ4v) is 3.65. The van der Waals surface area contributed by atoms with E-state index in [4.69, 9.17) is 5.73 Å². The summed E-state index contributed by atoms with van der Waals surface area (Å²) >= 11 is 0. The number of rotatable bonds is 5. The molecule has 0 unspecified atom stereocenters. The maximum Gasteiger partial charge on any atom is 0.258 e. The summed E-state index contributed by atoms with van der Waals surface area (Å²) in [5, 5.41) is 0.549. The Balaban J connectivity index is 1.36. The average molecular weight is 360 g/mol. The van der Waals surface area contributed by atoms with Gasteiger partial charge in [0, 0.05) is 19.5 Å². The van der Waals surface area contributed by atoms with E-state index in [0.717, 1.165) is 38.9 Å². The van der Waals surface area contributed by atoms with Crippen molar-refractivity contribution in [3.63, 3.8) is 0 Å². The van der Waals surface area contributed by atoms with Crippen LogP contribution in [0.5, 0.6) is 0 Å². The highest BCUT2D eigenvalue weighted by Crippen LogP contribution is 2.22. The highest BCUT2D eigenvalue weighted by Gasteiger charge is 2.13. The number of H-pyrrole nitrogens is 1. The van der Waals surface area contributed by atoms with Gasteiger partial charge in [-0.05, 0) is 42.7 Å². The predicted molar refractivity (Wildman–Crippen MR) is 111 cm³/mol. The van der Waals surface area contributed by atoms with Crippen LogP contribution in [0.15, 0.2) is 59.4 Å². The summed E-state index contributed by atoms with van der Waals surface area (Å²) in [4.78, 5) is 22.1. The van der Waals surface area contributed by atoms with Crippen molar-refractivity contribution < 1.29 is 0 Å². The topological polar surface area (TPSA) is 75.0 Å². The van der Waals surface area contributed by atoms with Gasteiger partial charge in [0.05, 0.1) is 11.1 Å². The fraction of sp³-hybridized carbons (Fsp3) is 0.273. The molecule has 0 fully saturated rings. The van der Waals surface area contributed by atoms with E-state index >= 15 is 0 Å². The minimum Gasteiger partial charge on any atom is -0.397 e. The fourth-order valence-electron chi connectivity index (χ4n) is 3.65. The lowest BCUT2D eigenvalue weighted by molar-refractivity contribution is 0.297. The molecule has 138 valence electrons. The quantitative estimate of drug-likeness (QED) is 0.685. The number of fused-ring (bicyclic) bond motifs is 1. The molecule has 3 aromatic rings. The number of hydrogen-bond acceptors (Lipinski definition) is 4. The van der Waals surface area contributed by atoms with Crippen LogP contribution in [0.1, 0.15) is 24.2 Å². The van der Waals surface area contributed by atoms with Crippen LogP contribution in [-0.4, -0.2) is 34.5 Å². The highest BCUT2D eigenvalue weighted by atomic mass is 16.1. The molecule has 1 aliphatic heterocycles. The van der Waals surface area contributed by atoms with Crippen molar-refractivity contribution in [3.05, 3.63) is 76.3 Å². The number of para-hydroxylation sites is 1. The van der Waals surface area contributed by atoms with Crippen LogP contribution in [0.2, 0.25) is 0 Å². The zero-order chi connectivity index (χ0) is 18.6. The average Bonchev–Trinajstić information content (AvgIpc) is 2.70. The van der Waals surface area contributed by atoms with E-state index in [1.165, 1.54) is 11.1 Å². The summed E-state index contributed by atoms with van der Waals surface area (Å²) < 4.78 is 0. The van der Waals surface area contributed by atoms with E-state index in [9.17, 15) is 4.79 Å². The van der Waals surface area contributed by atoms with Crippen molar-refractivity contribution in [2.24, 2.45) is 0 Å². The molecule has 2 aromatic carbocycles. The van der Waals surface area contributed by atoms with E-state index in [0.29, 0.717) is 22.4 Å². The molecular weight excluding hydrogens is 336 g/mol. The van der Waals surface area contributed by atoms with Crippen molar-refractivity contribution >= 4 is 22.2 Å². The van der Waals surface area contributed by atoms with Gasteiger partial charge in [0.15, 0.2) is 0 Å². The van der Waals surface area contributed by atoms with Gasteiger partial charge in [-0.1, -0.05) is 42.5 Å². The molecule has 5 heteroatoms. The van der Waals surface area contributed by atoms with Crippen LogP contribution in [0.4, 0.5) is 5.69 Å². The lowest BCUT2D eigenvalue weighted by Crippen LogP contribution is -2.30. The van der Waals surface area contributed by atoms with Crippen LogP contribution in [0.25, 0.3) is 16.5 Å². The van der Waals surface area contributed by atoms with Crippen LogP contribution in [-0.2, 0) is 6.42 Å². The van der Waals surface area contributed by atoms with Gasteiger partial charge in [0.2, 0.25) is 0 Å². The van der Waals surface area contributed by atoms with Crippen LogP contribution in [0, 0.1) is 0 Å². The normalized spacial score (nSPS) is 15.0. The Bertz CT molecular complexity index is 1020. The smallest absolute Gasteiger partial charge is 0.258 e. The molecular formula is C22H24N4O. The van der Waals surface area contributed by atoms with E-state index in [1.807, 2.05) is 0 Å². The van der Waals surface area contributed by atoms with Crippen molar-refractivity contribution in [1.82, 2.24) is 14.9 Å². The summed E-state index contributed by atoms with van der Waals surface area (Å²) in [6.45, 7) is 3.03. The molecule has 0 spiro atoms. The zero-order valence-corrected chi connectivity index (χ0v) is 15.3. The monoisotopic (exact) mass is 360 g/mol. The first-order valence-corrected chi connectivity index (χ1v) is 9.45. The maximum atomic E-state index is 12.2. The number of aromatic amines is 1. The highest BCUT2D eigenvalue weighted by molar-refractivity contribution is 5.88. The number of benzene rings is 2. The molecule has 1 aromatic heterocycles. The minimum absolute atomic E-state index is 0.115. The van der Waals surface area contributed by atoms with Gasteiger partial charge in [0.25, 0.3) is 5.56 Å². The molecule has 3 N–H and O–H groups in total. The first kappa shape index (κ1) is 17.5. The SMILES string of the molecule is Nc1cccc2c(=O)[nH]c(CCCN3CC=C(c4ccccc4)CC3)nc12. The Morgan fingerprint density at radius 1 is 1.11 bits per heavy atom. The molecule has 0 saturated carbocycles. The third-order valence-corrected chi connectivity index (χ3v) is 5.14. The molecule has 0 amide bonds. The molecule has 2 heterocycles. The first-order chi connectivity index (χ1) is 13.2. The number of aryl methyl sites for hydroxylation is 1. The Kier molecular flexibility index (Phi) is 5.03. The Hall–Kier alpha value is -2.92.